The van der Waals surface area contributed by atoms with Gasteiger partial charge in [0.05, 0.1) is 11.8 Å². The normalized spacial score (nSPS) is 12.0. The number of nitrogens with zero attached hydrogens (tertiary/aromatic N) is 3. The number of pyridine rings is 2. The zero-order valence-electron chi connectivity index (χ0n) is 9.89. The molecule has 3 heterocycles. The number of aromatic nitrogens is 3. The zero-order chi connectivity index (χ0) is 14.3. The molecular formula is C13H7BrF3N3. The van der Waals surface area contributed by atoms with Crippen molar-refractivity contribution in [2.45, 2.75) is 6.18 Å². The van der Waals surface area contributed by atoms with Crippen molar-refractivity contribution in [2.24, 2.45) is 0 Å². The van der Waals surface area contributed by atoms with Crippen molar-refractivity contribution >= 4 is 21.6 Å². The minimum absolute atomic E-state index is 0.128. The second-order valence-corrected chi connectivity index (χ2v) is 4.97. The first kappa shape index (κ1) is 13.1. The number of alkyl halides is 3. The maximum Gasteiger partial charge on any atom is 0.420 e. The van der Waals surface area contributed by atoms with E-state index in [1.807, 2.05) is 0 Å². The van der Waals surface area contributed by atoms with Crippen LogP contribution in [-0.2, 0) is 6.18 Å². The fourth-order valence-electron chi connectivity index (χ4n) is 1.96. The average molecular weight is 342 g/mol. The lowest BCUT2D eigenvalue weighted by atomic mass is 10.1. The lowest BCUT2D eigenvalue weighted by Gasteiger charge is -2.11. The standard InChI is InChI=1S/C13H7BrF3N3/c14-11-6-19-12-10(13(15,16)17)4-9(7-20(11)12)8-2-1-3-18-5-8/h1-7H. The third-order valence-corrected chi connectivity index (χ3v) is 3.45. The quantitative estimate of drug-likeness (QED) is 0.664. The Bertz CT molecular complexity index is 766. The highest BCUT2D eigenvalue weighted by molar-refractivity contribution is 9.10. The number of hydrogen-bond acceptors (Lipinski definition) is 2. The molecule has 0 aliphatic carbocycles. The summed E-state index contributed by atoms with van der Waals surface area (Å²) in [5.41, 5.74) is 0.138. The Hall–Kier alpha value is -1.89. The van der Waals surface area contributed by atoms with E-state index >= 15 is 0 Å². The fraction of sp³-hybridized carbons (Fsp3) is 0.0769. The van der Waals surface area contributed by atoms with Crippen molar-refractivity contribution in [1.82, 2.24) is 14.4 Å². The van der Waals surface area contributed by atoms with Crippen LogP contribution in [0.4, 0.5) is 13.2 Å². The van der Waals surface area contributed by atoms with Gasteiger partial charge in [0.15, 0.2) is 0 Å². The van der Waals surface area contributed by atoms with Gasteiger partial charge < -0.3 is 0 Å². The van der Waals surface area contributed by atoms with Crippen LogP contribution in [0.15, 0.2) is 47.6 Å². The molecule has 0 saturated heterocycles. The van der Waals surface area contributed by atoms with Gasteiger partial charge in [0.1, 0.15) is 10.3 Å². The minimum atomic E-state index is -4.47. The molecule has 102 valence electrons. The summed E-state index contributed by atoms with van der Waals surface area (Å²) in [5.74, 6) is 0. The van der Waals surface area contributed by atoms with Gasteiger partial charge in [-0.1, -0.05) is 6.07 Å². The van der Waals surface area contributed by atoms with Crippen LogP contribution in [0.5, 0.6) is 0 Å². The molecule has 3 rings (SSSR count). The Labute approximate surface area is 120 Å². The largest absolute Gasteiger partial charge is 0.420 e. The van der Waals surface area contributed by atoms with Gasteiger partial charge in [0, 0.05) is 29.7 Å². The smallest absolute Gasteiger partial charge is 0.293 e. The van der Waals surface area contributed by atoms with Crippen LogP contribution in [-0.4, -0.2) is 14.4 Å². The lowest BCUT2D eigenvalue weighted by molar-refractivity contribution is -0.136. The monoisotopic (exact) mass is 341 g/mol. The Morgan fingerprint density at radius 1 is 1.15 bits per heavy atom. The highest BCUT2D eigenvalue weighted by Gasteiger charge is 2.34. The molecule has 0 fully saturated rings. The predicted molar refractivity (Wildman–Crippen MR) is 71.1 cm³/mol. The van der Waals surface area contributed by atoms with Crippen LogP contribution in [0.3, 0.4) is 0 Å². The number of halogens is 4. The average Bonchev–Trinajstić information content (AvgIpc) is 2.79. The molecule has 3 nitrogen and oxygen atoms in total. The molecular weight excluding hydrogens is 335 g/mol. The first-order valence-electron chi connectivity index (χ1n) is 5.61. The predicted octanol–water partition coefficient (Wildman–Crippen LogP) is 4.18. The van der Waals surface area contributed by atoms with E-state index in [-0.39, 0.29) is 5.65 Å². The molecule has 3 aromatic heterocycles. The molecule has 0 aliphatic heterocycles. The first-order valence-corrected chi connectivity index (χ1v) is 6.40. The second-order valence-electron chi connectivity index (χ2n) is 4.16. The summed E-state index contributed by atoms with van der Waals surface area (Å²) in [6.45, 7) is 0. The van der Waals surface area contributed by atoms with Crippen molar-refractivity contribution in [2.75, 3.05) is 0 Å². The van der Waals surface area contributed by atoms with E-state index in [2.05, 4.69) is 25.9 Å². The van der Waals surface area contributed by atoms with Gasteiger partial charge in [0.2, 0.25) is 0 Å². The third-order valence-electron chi connectivity index (χ3n) is 2.86. The maximum atomic E-state index is 13.1. The second kappa shape index (κ2) is 4.59. The first-order chi connectivity index (χ1) is 9.47. The molecule has 0 aromatic carbocycles. The molecule has 7 heteroatoms. The number of imidazole rings is 1. The van der Waals surface area contributed by atoms with Gasteiger partial charge in [-0.15, -0.1) is 0 Å². The van der Waals surface area contributed by atoms with Gasteiger partial charge in [0.25, 0.3) is 0 Å². The maximum absolute atomic E-state index is 13.1. The SMILES string of the molecule is FC(F)(F)c1cc(-c2cccnc2)cn2c(Br)cnc12. The minimum Gasteiger partial charge on any atom is -0.293 e. The molecule has 0 N–H and O–H groups in total. The Balaban J connectivity index is 2.33. The molecule has 0 atom stereocenters. The van der Waals surface area contributed by atoms with E-state index in [4.69, 9.17) is 0 Å². The van der Waals surface area contributed by atoms with Gasteiger partial charge in [-0.3, -0.25) is 9.38 Å². The van der Waals surface area contributed by atoms with E-state index in [1.165, 1.54) is 16.8 Å². The summed E-state index contributed by atoms with van der Waals surface area (Å²) in [4.78, 5) is 7.73. The summed E-state index contributed by atoms with van der Waals surface area (Å²) in [5, 5.41) is 0. The molecule has 3 aromatic rings. The Kier molecular flexibility index (Phi) is 3.01. The molecule has 0 radical (unpaired) electrons. The topological polar surface area (TPSA) is 30.2 Å². The van der Waals surface area contributed by atoms with Crippen LogP contribution in [0.2, 0.25) is 0 Å². The summed E-state index contributed by atoms with van der Waals surface area (Å²) < 4.78 is 41.2. The van der Waals surface area contributed by atoms with Crippen LogP contribution < -0.4 is 0 Å². The van der Waals surface area contributed by atoms with Crippen LogP contribution in [0, 0.1) is 0 Å². The molecule has 0 amide bonds. The van der Waals surface area contributed by atoms with Crippen LogP contribution >= 0.6 is 15.9 Å². The molecule has 0 aliphatic rings. The summed E-state index contributed by atoms with van der Waals surface area (Å²) in [6, 6.07) is 4.47. The third kappa shape index (κ3) is 2.18. The molecule has 0 unspecified atom stereocenters. The van der Waals surface area contributed by atoms with E-state index in [9.17, 15) is 13.2 Å². The van der Waals surface area contributed by atoms with Gasteiger partial charge in [-0.05, 0) is 28.1 Å². The van der Waals surface area contributed by atoms with E-state index in [0.29, 0.717) is 15.7 Å². The van der Waals surface area contributed by atoms with Crippen LogP contribution in [0.25, 0.3) is 16.8 Å². The van der Waals surface area contributed by atoms with E-state index in [0.717, 1.165) is 6.07 Å². The van der Waals surface area contributed by atoms with E-state index in [1.54, 1.807) is 24.5 Å². The Morgan fingerprint density at radius 2 is 1.95 bits per heavy atom. The van der Waals surface area contributed by atoms with E-state index < -0.39 is 11.7 Å². The van der Waals surface area contributed by atoms with Crippen molar-refractivity contribution in [1.29, 1.82) is 0 Å². The van der Waals surface area contributed by atoms with Gasteiger partial charge in [-0.2, -0.15) is 13.2 Å². The lowest BCUT2D eigenvalue weighted by Crippen LogP contribution is -2.08. The van der Waals surface area contributed by atoms with Crippen molar-refractivity contribution in [3.63, 3.8) is 0 Å². The molecule has 0 spiro atoms. The van der Waals surface area contributed by atoms with Crippen molar-refractivity contribution in [3.8, 4) is 11.1 Å². The number of fused-ring (bicyclic) bond motifs is 1. The van der Waals surface area contributed by atoms with Gasteiger partial charge in [-0.25, -0.2) is 4.98 Å². The molecule has 0 bridgehead atoms. The van der Waals surface area contributed by atoms with Crippen molar-refractivity contribution in [3.05, 3.63) is 53.2 Å². The molecule has 20 heavy (non-hydrogen) atoms. The summed E-state index contributed by atoms with van der Waals surface area (Å²) in [6.07, 6.45) is 1.56. The summed E-state index contributed by atoms with van der Waals surface area (Å²) >= 11 is 3.19. The van der Waals surface area contributed by atoms with Crippen LogP contribution in [0.1, 0.15) is 5.56 Å². The van der Waals surface area contributed by atoms with Crippen molar-refractivity contribution < 1.29 is 13.2 Å². The zero-order valence-corrected chi connectivity index (χ0v) is 11.5. The Morgan fingerprint density at radius 3 is 2.60 bits per heavy atom. The summed E-state index contributed by atoms with van der Waals surface area (Å²) in [7, 11) is 0. The molecule has 0 saturated carbocycles. The fourth-order valence-corrected chi connectivity index (χ4v) is 2.33. The number of rotatable bonds is 1. The highest BCUT2D eigenvalue weighted by atomic mass is 79.9. The number of hydrogen-bond donors (Lipinski definition) is 0. The highest BCUT2D eigenvalue weighted by Crippen LogP contribution is 2.35. The van der Waals surface area contributed by atoms with Gasteiger partial charge >= 0.3 is 6.18 Å².